The highest BCUT2D eigenvalue weighted by Gasteiger charge is 2.16. The molecule has 0 atom stereocenters. The Balaban J connectivity index is 3.61. The molecular formula is C20H41Al. The van der Waals surface area contributed by atoms with Crippen LogP contribution in [0.3, 0.4) is 0 Å². The molecule has 0 saturated heterocycles. The van der Waals surface area contributed by atoms with Crippen molar-refractivity contribution < 1.29 is 0 Å². The Bertz CT molecular complexity index is 220. The minimum Gasteiger partial charge on any atom is -0.148 e. The van der Waals surface area contributed by atoms with Crippen molar-refractivity contribution in [3.05, 3.63) is 11.0 Å². The topological polar surface area (TPSA) is 0 Å². The van der Waals surface area contributed by atoms with Crippen LogP contribution in [-0.2, 0) is 0 Å². The molecule has 0 fully saturated rings. The predicted molar refractivity (Wildman–Crippen MR) is 101 cm³/mol. The molecule has 0 aliphatic rings. The van der Waals surface area contributed by atoms with Crippen molar-refractivity contribution in [2.75, 3.05) is 0 Å². The van der Waals surface area contributed by atoms with Crippen LogP contribution in [0.4, 0.5) is 0 Å². The van der Waals surface area contributed by atoms with Gasteiger partial charge in [0.1, 0.15) is 0 Å². The Hall–Kier alpha value is 0.272. The van der Waals surface area contributed by atoms with Gasteiger partial charge in [0, 0.05) is 0 Å². The van der Waals surface area contributed by atoms with Crippen molar-refractivity contribution >= 4 is 14.1 Å². The van der Waals surface area contributed by atoms with Gasteiger partial charge >= 0.3 is 0 Å². The Morgan fingerprint density at radius 1 is 0.714 bits per heavy atom. The monoisotopic (exact) mass is 308 g/mol. The van der Waals surface area contributed by atoms with E-state index in [4.69, 9.17) is 0 Å². The van der Waals surface area contributed by atoms with Gasteiger partial charge in [0.15, 0.2) is 0 Å². The summed E-state index contributed by atoms with van der Waals surface area (Å²) in [5.41, 5.74) is 0. The highest BCUT2D eigenvalue weighted by molar-refractivity contribution is 6.64. The second-order valence-corrected chi connectivity index (χ2v) is 10.6. The summed E-state index contributed by atoms with van der Waals surface area (Å²) in [6.45, 7) is 11.8. The summed E-state index contributed by atoms with van der Waals surface area (Å²) in [4.78, 5) is 2.65. The van der Waals surface area contributed by atoms with Crippen molar-refractivity contribution in [2.24, 2.45) is 11.8 Å². The maximum Gasteiger partial charge on any atom is 0.294 e. The third kappa shape index (κ3) is 16.5. The second kappa shape index (κ2) is 15.2. The first-order valence-electron chi connectivity index (χ1n) is 9.72. The molecule has 0 bridgehead atoms. The molecule has 0 amide bonds. The van der Waals surface area contributed by atoms with Crippen molar-refractivity contribution in [1.82, 2.24) is 0 Å². The Labute approximate surface area is 140 Å². The molecule has 0 aliphatic heterocycles. The number of hydrogen-bond donors (Lipinski definition) is 0. The molecule has 124 valence electrons. The molecule has 0 aromatic heterocycles. The van der Waals surface area contributed by atoms with Crippen molar-refractivity contribution in [1.29, 1.82) is 0 Å². The van der Waals surface area contributed by atoms with E-state index in [1.54, 1.807) is 0 Å². The summed E-state index contributed by atoms with van der Waals surface area (Å²) in [7, 11) is 0. The van der Waals surface area contributed by atoms with Gasteiger partial charge in [0.05, 0.1) is 0 Å². The molecule has 0 aliphatic carbocycles. The van der Waals surface area contributed by atoms with Crippen LogP contribution >= 0.6 is 0 Å². The fourth-order valence-electron chi connectivity index (χ4n) is 3.15. The van der Waals surface area contributed by atoms with E-state index in [0.717, 1.165) is 11.8 Å². The van der Waals surface area contributed by atoms with E-state index >= 15 is 0 Å². The second-order valence-electron chi connectivity index (χ2n) is 7.71. The smallest absolute Gasteiger partial charge is 0.148 e. The lowest BCUT2D eigenvalue weighted by atomic mass is 10.1. The Morgan fingerprint density at radius 2 is 1.19 bits per heavy atom. The number of rotatable bonds is 14. The highest BCUT2D eigenvalue weighted by Crippen LogP contribution is 2.16. The van der Waals surface area contributed by atoms with Gasteiger partial charge in [-0.25, -0.2) is 0 Å². The maximum atomic E-state index is 2.65. The van der Waals surface area contributed by atoms with Crippen LogP contribution in [0.5, 0.6) is 0 Å². The number of hydrogen-bond acceptors (Lipinski definition) is 0. The predicted octanol–water partition coefficient (Wildman–Crippen LogP) is 7.42. The van der Waals surface area contributed by atoms with Crippen molar-refractivity contribution in [2.45, 2.75) is 103 Å². The molecule has 0 rings (SSSR count). The molecule has 0 unspecified atom stereocenters. The van der Waals surface area contributed by atoms with Gasteiger partial charge in [-0.3, -0.25) is 0 Å². The zero-order valence-electron chi connectivity index (χ0n) is 15.7. The lowest BCUT2D eigenvalue weighted by molar-refractivity contribution is 0.577. The normalized spacial score (nSPS) is 12.0. The van der Waals surface area contributed by atoms with Gasteiger partial charge in [-0.05, 0) is 12.8 Å². The fourth-order valence-corrected chi connectivity index (χ4v) is 6.66. The van der Waals surface area contributed by atoms with Gasteiger partial charge in [-0.1, -0.05) is 102 Å². The summed E-state index contributed by atoms with van der Waals surface area (Å²) >= 11 is -0.608. The van der Waals surface area contributed by atoms with Crippen LogP contribution in [0.25, 0.3) is 0 Å². The lowest BCUT2D eigenvalue weighted by Gasteiger charge is -2.12. The van der Waals surface area contributed by atoms with Crippen LogP contribution in [0.15, 0.2) is 11.0 Å². The molecule has 21 heavy (non-hydrogen) atoms. The Kier molecular flexibility index (Phi) is 15.4. The van der Waals surface area contributed by atoms with Gasteiger partial charge in [0.25, 0.3) is 14.1 Å². The first-order valence-corrected chi connectivity index (χ1v) is 12.0. The Morgan fingerprint density at radius 3 is 1.67 bits per heavy atom. The molecular weight excluding hydrogens is 267 g/mol. The van der Waals surface area contributed by atoms with Gasteiger partial charge in [-0.15, -0.1) is 11.0 Å². The standard InChI is InChI=1S/C12H23.2C4H9.Al/c1-3-5-7-9-11-12-10-8-6-4-2;2*1-4(2)3;/h1,3H,4-12H2,2H3;2*4H,1H2,2-3H3;. The van der Waals surface area contributed by atoms with Gasteiger partial charge in [0.2, 0.25) is 0 Å². The van der Waals surface area contributed by atoms with E-state index in [1.807, 2.05) is 0 Å². The molecule has 0 radical (unpaired) electrons. The SMILES string of the molecule is CCCCCCCCCCC=[CH][Al]([CH2]C(C)C)[CH2]C(C)C. The van der Waals surface area contributed by atoms with Crippen molar-refractivity contribution in [3.8, 4) is 0 Å². The number of allylic oxidation sites excluding steroid dienone is 1. The summed E-state index contributed by atoms with van der Waals surface area (Å²) in [6.07, 6.45) is 15.3. The van der Waals surface area contributed by atoms with E-state index < -0.39 is 14.1 Å². The molecule has 0 aromatic carbocycles. The summed E-state index contributed by atoms with van der Waals surface area (Å²) in [5.74, 6) is 1.77. The third-order valence-corrected chi connectivity index (χ3v) is 8.09. The molecule has 1 heteroatoms. The largest absolute Gasteiger partial charge is 0.294 e. The molecule has 0 nitrogen and oxygen atoms in total. The zero-order valence-corrected chi connectivity index (χ0v) is 16.8. The average Bonchev–Trinajstić information content (AvgIpc) is 2.39. The summed E-state index contributed by atoms with van der Waals surface area (Å²) in [5, 5.41) is 2.98. The molecule has 0 spiro atoms. The first kappa shape index (κ1) is 21.3. The fraction of sp³-hybridized carbons (Fsp3) is 0.900. The van der Waals surface area contributed by atoms with E-state index in [-0.39, 0.29) is 0 Å². The van der Waals surface area contributed by atoms with E-state index in [0.29, 0.717) is 0 Å². The number of unbranched alkanes of at least 4 members (excludes halogenated alkanes) is 8. The molecule has 0 saturated carbocycles. The molecule has 0 aromatic rings. The van der Waals surface area contributed by atoms with Crippen LogP contribution in [0, 0.1) is 11.8 Å². The van der Waals surface area contributed by atoms with Crippen LogP contribution < -0.4 is 0 Å². The van der Waals surface area contributed by atoms with Crippen LogP contribution in [0.2, 0.25) is 10.6 Å². The first-order chi connectivity index (χ1) is 10.1. The van der Waals surface area contributed by atoms with E-state index in [9.17, 15) is 0 Å². The molecule has 0 N–H and O–H groups in total. The van der Waals surface area contributed by atoms with Crippen LogP contribution in [0.1, 0.15) is 92.4 Å². The van der Waals surface area contributed by atoms with E-state index in [2.05, 4.69) is 45.6 Å². The minimum atomic E-state index is -0.608. The zero-order chi connectivity index (χ0) is 15.9. The van der Waals surface area contributed by atoms with E-state index in [1.165, 1.54) is 68.4 Å². The quantitative estimate of drug-likeness (QED) is 0.231. The maximum absolute atomic E-state index is 2.65. The third-order valence-electron chi connectivity index (χ3n) is 4.18. The minimum absolute atomic E-state index is 0.608. The summed E-state index contributed by atoms with van der Waals surface area (Å²) < 4.78 is 0. The lowest BCUT2D eigenvalue weighted by Crippen LogP contribution is -2.15. The average molecular weight is 309 g/mol. The molecule has 0 heterocycles. The van der Waals surface area contributed by atoms with Gasteiger partial charge in [-0.2, -0.15) is 0 Å². The highest BCUT2D eigenvalue weighted by atomic mass is 27.2. The summed E-state index contributed by atoms with van der Waals surface area (Å²) in [6, 6.07) is 0. The van der Waals surface area contributed by atoms with Crippen LogP contribution in [-0.4, -0.2) is 14.1 Å². The van der Waals surface area contributed by atoms with Crippen molar-refractivity contribution in [3.63, 3.8) is 0 Å². The van der Waals surface area contributed by atoms with Gasteiger partial charge < -0.3 is 0 Å².